The highest BCUT2D eigenvalue weighted by atomic mass is 19.1. The summed E-state index contributed by atoms with van der Waals surface area (Å²) < 4.78 is 31.8. The molecule has 2 N–H and O–H groups in total. The van der Waals surface area contributed by atoms with Crippen molar-refractivity contribution >= 4 is 0 Å². The minimum Gasteiger partial charge on any atom is -0.489 e. The highest BCUT2D eigenvalue weighted by Crippen LogP contribution is 2.20. The molecule has 0 aromatic heterocycles. The molecule has 0 saturated carbocycles. The molecule has 2 rings (SSSR count). The normalized spacial score (nSPS) is 10.5. The van der Waals surface area contributed by atoms with E-state index in [1.165, 1.54) is 12.1 Å². The maximum absolute atomic E-state index is 13.5. The van der Waals surface area contributed by atoms with E-state index in [4.69, 9.17) is 10.5 Å². The van der Waals surface area contributed by atoms with Gasteiger partial charge in [0.2, 0.25) is 0 Å². The van der Waals surface area contributed by atoms with Crippen LogP contribution < -0.4 is 10.5 Å². The van der Waals surface area contributed by atoms with Gasteiger partial charge in [-0.05, 0) is 36.7 Å². The highest BCUT2D eigenvalue weighted by Gasteiger charge is 2.06. The van der Waals surface area contributed by atoms with Gasteiger partial charge in [0.1, 0.15) is 24.0 Å². The lowest BCUT2D eigenvalue weighted by atomic mass is 10.1. The van der Waals surface area contributed by atoms with Crippen molar-refractivity contribution in [3.05, 3.63) is 65.2 Å². The summed E-state index contributed by atoms with van der Waals surface area (Å²) in [6, 6.07) is 10.9. The van der Waals surface area contributed by atoms with Gasteiger partial charge in [-0.1, -0.05) is 18.2 Å². The number of hydrogen-bond donors (Lipinski definition) is 1. The first-order chi connectivity index (χ1) is 9.20. The molecule has 0 spiro atoms. The molecule has 100 valence electrons. The third-order valence-electron chi connectivity index (χ3n) is 2.78. The smallest absolute Gasteiger partial charge is 0.132 e. The number of halogens is 2. The number of hydrogen-bond acceptors (Lipinski definition) is 2. The molecule has 0 aliphatic rings. The summed E-state index contributed by atoms with van der Waals surface area (Å²) in [7, 11) is 0. The van der Waals surface area contributed by atoms with Crippen LogP contribution in [0.5, 0.6) is 5.75 Å². The van der Waals surface area contributed by atoms with Crippen LogP contribution in [0.25, 0.3) is 0 Å². The summed E-state index contributed by atoms with van der Waals surface area (Å²) in [5.41, 5.74) is 6.82. The zero-order valence-corrected chi connectivity index (χ0v) is 10.4. The first-order valence-electron chi connectivity index (χ1n) is 6.05. The van der Waals surface area contributed by atoms with Crippen LogP contribution in [0.1, 0.15) is 11.1 Å². The zero-order chi connectivity index (χ0) is 13.7. The minimum atomic E-state index is -0.601. The number of nitrogens with two attached hydrogens (primary N) is 1. The summed E-state index contributed by atoms with van der Waals surface area (Å²) in [5.74, 6) is -0.516. The fourth-order valence-corrected chi connectivity index (χ4v) is 1.80. The van der Waals surface area contributed by atoms with Gasteiger partial charge in [0, 0.05) is 11.6 Å². The van der Waals surface area contributed by atoms with Crippen molar-refractivity contribution in [3.63, 3.8) is 0 Å². The Kier molecular flexibility index (Phi) is 4.47. The van der Waals surface area contributed by atoms with E-state index in [0.29, 0.717) is 24.3 Å². The lowest BCUT2D eigenvalue weighted by Crippen LogP contribution is -2.06. The average Bonchev–Trinajstić information content (AvgIpc) is 2.40. The van der Waals surface area contributed by atoms with Gasteiger partial charge in [-0.25, -0.2) is 8.78 Å². The number of benzene rings is 2. The van der Waals surface area contributed by atoms with E-state index in [9.17, 15) is 8.78 Å². The molecule has 0 saturated heterocycles. The van der Waals surface area contributed by atoms with Crippen LogP contribution in [0.15, 0.2) is 42.5 Å². The second-order valence-corrected chi connectivity index (χ2v) is 4.17. The Morgan fingerprint density at radius 1 is 1.00 bits per heavy atom. The maximum Gasteiger partial charge on any atom is 0.132 e. The van der Waals surface area contributed by atoms with Gasteiger partial charge in [0.15, 0.2) is 0 Å². The van der Waals surface area contributed by atoms with Crippen LogP contribution >= 0.6 is 0 Å². The molecule has 4 heteroatoms. The predicted molar refractivity (Wildman–Crippen MR) is 69.9 cm³/mol. The molecule has 0 heterocycles. The lowest BCUT2D eigenvalue weighted by molar-refractivity contribution is 0.296. The van der Waals surface area contributed by atoms with Gasteiger partial charge in [-0.2, -0.15) is 0 Å². The third-order valence-corrected chi connectivity index (χ3v) is 2.78. The topological polar surface area (TPSA) is 35.2 Å². The fraction of sp³-hybridized carbons (Fsp3) is 0.200. The molecular formula is C15H15F2NO. The van der Waals surface area contributed by atoms with Gasteiger partial charge in [-0.15, -0.1) is 0 Å². The molecule has 0 fully saturated rings. The van der Waals surface area contributed by atoms with E-state index in [2.05, 4.69) is 0 Å². The van der Waals surface area contributed by atoms with Crippen molar-refractivity contribution in [2.75, 3.05) is 6.54 Å². The Morgan fingerprint density at radius 2 is 1.79 bits per heavy atom. The summed E-state index contributed by atoms with van der Waals surface area (Å²) in [4.78, 5) is 0. The maximum atomic E-state index is 13.5. The zero-order valence-electron chi connectivity index (χ0n) is 10.4. The Balaban J connectivity index is 2.10. The van der Waals surface area contributed by atoms with E-state index in [-0.39, 0.29) is 6.61 Å². The molecule has 2 aromatic rings. The van der Waals surface area contributed by atoms with Crippen molar-refractivity contribution in [1.29, 1.82) is 0 Å². The van der Waals surface area contributed by atoms with E-state index in [1.54, 1.807) is 0 Å². The van der Waals surface area contributed by atoms with Crippen molar-refractivity contribution < 1.29 is 13.5 Å². The molecule has 2 nitrogen and oxygen atoms in total. The van der Waals surface area contributed by atoms with Crippen molar-refractivity contribution in [3.8, 4) is 5.75 Å². The number of rotatable bonds is 5. The van der Waals surface area contributed by atoms with E-state index in [0.717, 1.165) is 11.6 Å². The summed E-state index contributed by atoms with van der Waals surface area (Å²) >= 11 is 0. The lowest BCUT2D eigenvalue weighted by Gasteiger charge is -2.11. The Morgan fingerprint density at radius 3 is 2.53 bits per heavy atom. The first-order valence-corrected chi connectivity index (χ1v) is 6.05. The van der Waals surface area contributed by atoms with Gasteiger partial charge in [0.05, 0.1) is 0 Å². The van der Waals surface area contributed by atoms with Gasteiger partial charge in [0.25, 0.3) is 0 Å². The molecule has 0 aliphatic carbocycles. The molecule has 0 atom stereocenters. The fourth-order valence-electron chi connectivity index (χ4n) is 1.80. The molecule has 0 radical (unpaired) electrons. The van der Waals surface area contributed by atoms with Crippen LogP contribution in [-0.4, -0.2) is 6.54 Å². The van der Waals surface area contributed by atoms with Crippen molar-refractivity contribution in [2.45, 2.75) is 13.0 Å². The first kappa shape index (κ1) is 13.5. The van der Waals surface area contributed by atoms with Gasteiger partial charge < -0.3 is 10.5 Å². The quantitative estimate of drug-likeness (QED) is 0.899. The summed E-state index contributed by atoms with van der Waals surface area (Å²) in [6.45, 7) is 0.582. The van der Waals surface area contributed by atoms with Gasteiger partial charge in [-0.3, -0.25) is 0 Å². The van der Waals surface area contributed by atoms with E-state index < -0.39 is 11.6 Å². The number of ether oxygens (including phenoxy) is 1. The second kappa shape index (κ2) is 6.29. The standard InChI is InChI=1S/C15H15F2NO/c16-13-6-5-12(14(17)9-13)10-19-15-4-2-1-3-11(15)7-8-18/h1-6,9H,7-8,10,18H2. The molecule has 0 unspecified atom stereocenters. The molecule has 0 bridgehead atoms. The number of para-hydroxylation sites is 1. The largest absolute Gasteiger partial charge is 0.489 e. The van der Waals surface area contributed by atoms with Crippen LogP contribution in [0, 0.1) is 11.6 Å². The molecule has 0 amide bonds. The van der Waals surface area contributed by atoms with Crippen LogP contribution in [-0.2, 0) is 13.0 Å². The third kappa shape index (κ3) is 3.51. The highest BCUT2D eigenvalue weighted by molar-refractivity contribution is 5.34. The van der Waals surface area contributed by atoms with E-state index in [1.807, 2.05) is 24.3 Å². The molecule has 19 heavy (non-hydrogen) atoms. The van der Waals surface area contributed by atoms with Crippen molar-refractivity contribution in [2.24, 2.45) is 5.73 Å². The molecule has 0 aliphatic heterocycles. The van der Waals surface area contributed by atoms with Crippen molar-refractivity contribution in [1.82, 2.24) is 0 Å². The van der Waals surface area contributed by atoms with Crippen LogP contribution in [0.4, 0.5) is 8.78 Å². The summed E-state index contributed by atoms with van der Waals surface area (Å²) in [5, 5.41) is 0. The second-order valence-electron chi connectivity index (χ2n) is 4.17. The molecule has 2 aromatic carbocycles. The Hall–Kier alpha value is -1.94. The van der Waals surface area contributed by atoms with E-state index >= 15 is 0 Å². The Bertz CT molecular complexity index is 558. The Labute approximate surface area is 110 Å². The molecular weight excluding hydrogens is 248 g/mol. The predicted octanol–water partition coefficient (Wildman–Crippen LogP) is 3.05. The average molecular weight is 263 g/mol. The van der Waals surface area contributed by atoms with Crippen LogP contribution in [0.2, 0.25) is 0 Å². The monoisotopic (exact) mass is 263 g/mol. The summed E-state index contributed by atoms with van der Waals surface area (Å²) in [6.07, 6.45) is 0.697. The van der Waals surface area contributed by atoms with Crippen LogP contribution in [0.3, 0.4) is 0 Å². The minimum absolute atomic E-state index is 0.0632. The van der Waals surface area contributed by atoms with Gasteiger partial charge >= 0.3 is 0 Å². The SMILES string of the molecule is NCCc1ccccc1OCc1ccc(F)cc1F.